The lowest BCUT2D eigenvalue weighted by Gasteiger charge is -2.15. The van der Waals surface area contributed by atoms with Gasteiger partial charge in [0.05, 0.1) is 0 Å². The topological polar surface area (TPSA) is 55.2 Å². The average molecular weight is 308 g/mol. The predicted octanol–water partition coefficient (Wildman–Crippen LogP) is 2.24. The molecule has 0 aliphatic carbocycles. The summed E-state index contributed by atoms with van der Waals surface area (Å²) in [6.45, 7) is 6.88. The molecule has 0 bridgehead atoms. The molecule has 0 N–H and O–H groups in total. The zero-order valence-corrected chi connectivity index (χ0v) is 13.5. The fourth-order valence-corrected chi connectivity index (χ4v) is 2.98. The summed E-state index contributed by atoms with van der Waals surface area (Å²) in [6.07, 6.45) is 3.16. The molecule has 0 saturated carbocycles. The van der Waals surface area contributed by atoms with E-state index in [-0.39, 0.29) is 10.4 Å². The van der Waals surface area contributed by atoms with Gasteiger partial charge in [0.25, 0.3) is 10.0 Å². The van der Waals surface area contributed by atoms with Gasteiger partial charge in [-0.2, -0.15) is 4.31 Å². The van der Waals surface area contributed by atoms with E-state index in [1.54, 1.807) is 13.2 Å². The first-order valence-corrected chi connectivity index (χ1v) is 8.30. The number of imidazole rings is 1. The van der Waals surface area contributed by atoms with E-state index in [1.807, 2.05) is 25.3 Å². The Bertz CT molecular complexity index is 511. The summed E-state index contributed by atoms with van der Waals surface area (Å²) in [7, 11) is -1.95. The molecule has 1 rings (SSSR count). The zero-order chi connectivity index (χ0) is 14.6. The first kappa shape index (κ1) is 16.5. The molecule has 110 valence electrons. The molecule has 0 radical (unpaired) electrons. The SMILES string of the molecule is CCCn1cc(S(=O)(=O)N(C)CCC(C)Cl)nc1C. The maximum absolute atomic E-state index is 12.3. The van der Waals surface area contributed by atoms with Crippen molar-refractivity contribution in [3.63, 3.8) is 0 Å². The number of aromatic nitrogens is 2. The Labute approximate surface area is 120 Å². The predicted molar refractivity (Wildman–Crippen MR) is 77.0 cm³/mol. The van der Waals surface area contributed by atoms with Crippen LogP contribution in [0.25, 0.3) is 0 Å². The fraction of sp³-hybridized carbons (Fsp3) is 0.750. The first-order chi connectivity index (χ1) is 8.78. The third-order valence-corrected chi connectivity index (χ3v) is 4.88. The summed E-state index contributed by atoms with van der Waals surface area (Å²) in [5, 5.41) is 0.0696. The van der Waals surface area contributed by atoms with Crippen LogP contribution in [0.4, 0.5) is 0 Å². The van der Waals surface area contributed by atoms with Crippen molar-refractivity contribution in [2.75, 3.05) is 13.6 Å². The first-order valence-electron chi connectivity index (χ1n) is 6.43. The average Bonchev–Trinajstić information content (AvgIpc) is 2.69. The van der Waals surface area contributed by atoms with Crippen molar-refractivity contribution in [3.8, 4) is 0 Å². The van der Waals surface area contributed by atoms with Gasteiger partial charge in [0.15, 0.2) is 5.03 Å². The Balaban J connectivity index is 2.90. The number of hydrogen-bond acceptors (Lipinski definition) is 3. The van der Waals surface area contributed by atoms with Crippen molar-refractivity contribution < 1.29 is 8.42 Å². The molecule has 0 aliphatic rings. The lowest BCUT2D eigenvalue weighted by Crippen LogP contribution is -2.29. The van der Waals surface area contributed by atoms with Crippen molar-refractivity contribution in [1.29, 1.82) is 0 Å². The molecule has 1 aromatic rings. The van der Waals surface area contributed by atoms with Crippen LogP contribution in [0.15, 0.2) is 11.2 Å². The highest BCUT2D eigenvalue weighted by Crippen LogP contribution is 2.15. The minimum Gasteiger partial charge on any atom is -0.334 e. The number of nitrogens with zero attached hydrogens (tertiary/aromatic N) is 3. The molecule has 1 aromatic heterocycles. The highest BCUT2D eigenvalue weighted by atomic mass is 35.5. The van der Waals surface area contributed by atoms with Crippen LogP contribution in [0.1, 0.15) is 32.5 Å². The molecule has 0 saturated heterocycles. The molecule has 0 spiro atoms. The lowest BCUT2D eigenvalue weighted by atomic mass is 10.3. The van der Waals surface area contributed by atoms with Crippen LogP contribution in [0.2, 0.25) is 0 Å². The Morgan fingerprint density at radius 2 is 2.16 bits per heavy atom. The van der Waals surface area contributed by atoms with Crippen LogP contribution < -0.4 is 0 Å². The van der Waals surface area contributed by atoms with Gasteiger partial charge in [-0.15, -0.1) is 11.6 Å². The van der Waals surface area contributed by atoms with E-state index >= 15 is 0 Å². The van der Waals surface area contributed by atoms with Crippen LogP contribution >= 0.6 is 11.6 Å². The number of halogens is 1. The van der Waals surface area contributed by atoms with Crippen LogP contribution in [-0.2, 0) is 16.6 Å². The van der Waals surface area contributed by atoms with Crippen molar-refractivity contribution >= 4 is 21.6 Å². The van der Waals surface area contributed by atoms with Crippen molar-refractivity contribution in [1.82, 2.24) is 13.9 Å². The molecule has 1 heterocycles. The normalized spacial score (nSPS) is 14.0. The Morgan fingerprint density at radius 3 is 2.68 bits per heavy atom. The summed E-state index contributed by atoms with van der Waals surface area (Å²) in [5.41, 5.74) is 0. The van der Waals surface area contributed by atoms with Crippen molar-refractivity contribution in [2.24, 2.45) is 0 Å². The second kappa shape index (κ2) is 6.72. The van der Waals surface area contributed by atoms with E-state index in [0.717, 1.165) is 18.8 Å². The van der Waals surface area contributed by atoms with Gasteiger partial charge in [0, 0.05) is 31.7 Å². The molecule has 0 aromatic carbocycles. The van der Waals surface area contributed by atoms with Crippen LogP contribution in [0.3, 0.4) is 0 Å². The van der Waals surface area contributed by atoms with Gasteiger partial charge < -0.3 is 4.57 Å². The smallest absolute Gasteiger partial charge is 0.261 e. The van der Waals surface area contributed by atoms with Crippen molar-refractivity contribution in [2.45, 2.75) is 50.6 Å². The van der Waals surface area contributed by atoms with Gasteiger partial charge in [-0.3, -0.25) is 0 Å². The van der Waals surface area contributed by atoms with E-state index in [4.69, 9.17) is 11.6 Å². The van der Waals surface area contributed by atoms with Crippen LogP contribution in [-0.4, -0.2) is 41.2 Å². The standard InChI is InChI=1S/C12H22ClN3O2S/c1-5-7-16-9-12(14-11(16)3)19(17,18)15(4)8-6-10(2)13/h9-10H,5-8H2,1-4H3. The van der Waals surface area contributed by atoms with E-state index in [2.05, 4.69) is 4.98 Å². The van der Waals surface area contributed by atoms with E-state index in [9.17, 15) is 8.42 Å². The fourth-order valence-electron chi connectivity index (χ4n) is 1.71. The number of sulfonamides is 1. The molecular formula is C12H22ClN3O2S. The van der Waals surface area contributed by atoms with E-state index in [0.29, 0.717) is 13.0 Å². The van der Waals surface area contributed by atoms with Crippen LogP contribution in [0.5, 0.6) is 0 Å². The molecule has 7 heteroatoms. The van der Waals surface area contributed by atoms with Gasteiger partial charge in [0.2, 0.25) is 0 Å². The minimum atomic E-state index is -3.51. The molecule has 5 nitrogen and oxygen atoms in total. The maximum atomic E-state index is 12.3. The highest BCUT2D eigenvalue weighted by Gasteiger charge is 2.24. The number of rotatable bonds is 7. The number of alkyl halides is 1. The molecule has 0 amide bonds. The Morgan fingerprint density at radius 1 is 1.53 bits per heavy atom. The van der Waals surface area contributed by atoms with E-state index in [1.165, 1.54) is 4.31 Å². The monoisotopic (exact) mass is 307 g/mol. The molecule has 0 fully saturated rings. The van der Waals surface area contributed by atoms with Crippen molar-refractivity contribution in [3.05, 3.63) is 12.0 Å². The summed E-state index contributed by atoms with van der Waals surface area (Å²) < 4.78 is 27.8. The minimum absolute atomic E-state index is 0.0444. The highest BCUT2D eigenvalue weighted by molar-refractivity contribution is 7.89. The van der Waals surface area contributed by atoms with Gasteiger partial charge in [-0.05, 0) is 26.7 Å². The molecule has 19 heavy (non-hydrogen) atoms. The quantitative estimate of drug-likeness (QED) is 0.726. The summed E-state index contributed by atoms with van der Waals surface area (Å²) in [6, 6.07) is 0. The molecular weight excluding hydrogens is 286 g/mol. The zero-order valence-electron chi connectivity index (χ0n) is 11.9. The van der Waals surface area contributed by atoms with Crippen LogP contribution in [0, 0.1) is 6.92 Å². The van der Waals surface area contributed by atoms with Gasteiger partial charge in [-0.1, -0.05) is 6.92 Å². The number of aryl methyl sites for hydroxylation is 2. The summed E-state index contributed by atoms with van der Waals surface area (Å²) in [4.78, 5) is 4.15. The number of hydrogen-bond donors (Lipinski definition) is 0. The summed E-state index contributed by atoms with van der Waals surface area (Å²) in [5.74, 6) is 0.722. The largest absolute Gasteiger partial charge is 0.334 e. The maximum Gasteiger partial charge on any atom is 0.261 e. The Kier molecular flexibility index (Phi) is 5.82. The molecule has 0 aliphatic heterocycles. The van der Waals surface area contributed by atoms with E-state index < -0.39 is 10.0 Å². The lowest BCUT2D eigenvalue weighted by molar-refractivity contribution is 0.458. The molecule has 1 atom stereocenters. The van der Waals surface area contributed by atoms with Gasteiger partial charge in [-0.25, -0.2) is 13.4 Å². The molecule has 1 unspecified atom stereocenters. The second-order valence-electron chi connectivity index (χ2n) is 4.72. The third kappa shape index (κ3) is 4.19. The third-order valence-electron chi connectivity index (χ3n) is 2.93. The summed E-state index contributed by atoms with van der Waals surface area (Å²) >= 11 is 5.85. The second-order valence-corrected chi connectivity index (χ2v) is 7.45. The Hall–Kier alpha value is -0.590. The van der Waals surface area contributed by atoms with Gasteiger partial charge >= 0.3 is 0 Å². The van der Waals surface area contributed by atoms with Gasteiger partial charge in [0.1, 0.15) is 5.82 Å².